The van der Waals surface area contributed by atoms with Gasteiger partial charge < -0.3 is 20.9 Å². The molecule has 1 aliphatic heterocycles. The van der Waals surface area contributed by atoms with E-state index in [0.717, 1.165) is 50.1 Å². The predicted octanol–water partition coefficient (Wildman–Crippen LogP) is 5.55. The van der Waals surface area contributed by atoms with E-state index < -0.39 is 0 Å². The molecule has 0 radical (unpaired) electrons. The quantitative estimate of drug-likeness (QED) is 0.304. The van der Waals surface area contributed by atoms with E-state index in [1.807, 2.05) is 48.5 Å². The molecule has 184 valence electrons. The number of nitrogens with one attached hydrogen (secondary N) is 3. The largest absolute Gasteiger partial charge is 0.335 e. The van der Waals surface area contributed by atoms with Crippen LogP contribution in [0.3, 0.4) is 0 Å². The Hall–Kier alpha value is -3.15. The number of carbonyl (C=O) groups excluding carboxylic acids is 1. The Kier molecular flexibility index (Phi) is 9.74. The molecule has 1 unspecified atom stereocenters. The van der Waals surface area contributed by atoms with Crippen molar-refractivity contribution in [2.45, 2.75) is 38.1 Å². The zero-order valence-electron chi connectivity index (χ0n) is 20.6. The van der Waals surface area contributed by atoms with E-state index in [9.17, 15) is 4.79 Å². The van der Waals surface area contributed by atoms with Crippen LogP contribution in [0.1, 0.15) is 31.2 Å². The first-order chi connectivity index (χ1) is 17.3. The number of rotatable bonds is 12. The molecule has 1 atom stereocenters. The molecule has 5 nitrogen and oxygen atoms in total. The summed E-state index contributed by atoms with van der Waals surface area (Å²) in [6, 6.07) is 28.6. The minimum atomic E-state index is -0.152. The highest BCUT2D eigenvalue weighted by atomic mass is 16.2. The molecule has 0 saturated carbocycles. The lowest BCUT2D eigenvalue weighted by atomic mass is 10.0. The van der Waals surface area contributed by atoms with Gasteiger partial charge in [-0.3, -0.25) is 0 Å². The molecule has 0 bridgehead atoms. The van der Waals surface area contributed by atoms with Gasteiger partial charge in [0.1, 0.15) is 0 Å². The van der Waals surface area contributed by atoms with Crippen molar-refractivity contribution in [1.82, 2.24) is 15.5 Å². The number of nitrogens with zero attached hydrogens (tertiary/aromatic N) is 1. The van der Waals surface area contributed by atoms with Crippen molar-refractivity contribution in [3.05, 3.63) is 90.5 Å². The van der Waals surface area contributed by atoms with Crippen molar-refractivity contribution in [3.8, 4) is 11.1 Å². The van der Waals surface area contributed by atoms with Crippen LogP contribution in [0.25, 0.3) is 11.1 Å². The smallest absolute Gasteiger partial charge is 0.319 e. The topological polar surface area (TPSA) is 56.4 Å². The minimum Gasteiger partial charge on any atom is -0.335 e. The second kappa shape index (κ2) is 13.7. The minimum absolute atomic E-state index is 0.0846. The number of likely N-dealkylation sites (tertiary alicyclic amines) is 1. The predicted molar refractivity (Wildman–Crippen MR) is 146 cm³/mol. The number of hydrogen-bond acceptors (Lipinski definition) is 3. The molecule has 1 heterocycles. The summed E-state index contributed by atoms with van der Waals surface area (Å²) < 4.78 is 0. The van der Waals surface area contributed by atoms with Gasteiger partial charge in [0.05, 0.1) is 0 Å². The third-order valence-corrected chi connectivity index (χ3v) is 6.62. The lowest BCUT2D eigenvalue weighted by molar-refractivity contribution is 0.247. The molecule has 1 saturated heterocycles. The molecular weight excluding hydrogens is 432 g/mol. The molecule has 3 aromatic rings. The lowest BCUT2D eigenvalue weighted by Crippen LogP contribution is -2.40. The van der Waals surface area contributed by atoms with Crippen LogP contribution in [0, 0.1) is 0 Å². The highest BCUT2D eigenvalue weighted by Gasteiger charge is 2.14. The summed E-state index contributed by atoms with van der Waals surface area (Å²) in [5.74, 6) is 0. The standard InChI is InChI=1S/C30H38N4O/c35-30(32-28-17-15-27(16-18-28)26-12-5-2-6-13-26)33-29(24-25-10-3-1-4-11-25)14-9-19-31-20-23-34-21-7-8-22-34/h1-6,10-13,15-18,29,31H,7-9,14,19-24H2,(H2,32,33,35). The first-order valence-corrected chi connectivity index (χ1v) is 13.0. The van der Waals surface area contributed by atoms with Crippen LogP contribution in [0.15, 0.2) is 84.9 Å². The Morgan fingerprint density at radius 1 is 0.800 bits per heavy atom. The van der Waals surface area contributed by atoms with Crippen LogP contribution >= 0.6 is 0 Å². The van der Waals surface area contributed by atoms with Gasteiger partial charge in [0.25, 0.3) is 0 Å². The molecule has 35 heavy (non-hydrogen) atoms. The molecule has 0 aliphatic carbocycles. The summed E-state index contributed by atoms with van der Waals surface area (Å²) in [5, 5.41) is 9.79. The number of benzene rings is 3. The van der Waals surface area contributed by atoms with Crippen LogP contribution < -0.4 is 16.0 Å². The van der Waals surface area contributed by atoms with Gasteiger partial charge >= 0.3 is 6.03 Å². The maximum Gasteiger partial charge on any atom is 0.319 e. The first kappa shape index (κ1) is 25.0. The highest BCUT2D eigenvalue weighted by molar-refractivity contribution is 5.89. The van der Waals surface area contributed by atoms with Crippen LogP contribution in [0.5, 0.6) is 0 Å². The Balaban J connectivity index is 1.25. The molecule has 0 aromatic heterocycles. The summed E-state index contributed by atoms with van der Waals surface area (Å²) >= 11 is 0. The van der Waals surface area contributed by atoms with Gasteiger partial charge in [0, 0.05) is 24.8 Å². The molecule has 5 heteroatoms. The molecule has 2 amide bonds. The number of urea groups is 1. The van der Waals surface area contributed by atoms with Crippen molar-refractivity contribution >= 4 is 11.7 Å². The fourth-order valence-corrected chi connectivity index (χ4v) is 4.69. The van der Waals surface area contributed by atoms with Gasteiger partial charge in [0.15, 0.2) is 0 Å². The van der Waals surface area contributed by atoms with E-state index in [1.54, 1.807) is 0 Å². The summed E-state index contributed by atoms with van der Waals surface area (Å²) in [5.41, 5.74) is 4.34. The van der Waals surface area contributed by atoms with Crippen LogP contribution in [-0.2, 0) is 6.42 Å². The van der Waals surface area contributed by atoms with Crippen LogP contribution in [0.2, 0.25) is 0 Å². The van der Waals surface area contributed by atoms with Crippen molar-refractivity contribution < 1.29 is 4.79 Å². The zero-order chi connectivity index (χ0) is 24.1. The molecule has 1 aliphatic rings. The van der Waals surface area contributed by atoms with Crippen molar-refractivity contribution in [2.24, 2.45) is 0 Å². The maximum atomic E-state index is 12.8. The lowest BCUT2D eigenvalue weighted by Gasteiger charge is -2.20. The second-order valence-corrected chi connectivity index (χ2v) is 9.37. The Labute approximate surface area is 209 Å². The molecular formula is C30H38N4O. The monoisotopic (exact) mass is 470 g/mol. The van der Waals surface area contributed by atoms with Gasteiger partial charge in [0.2, 0.25) is 0 Å². The molecule has 0 spiro atoms. The third-order valence-electron chi connectivity index (χ3n) is 6.62. The van der Waals surface area contributed by atoms with Gasteiger partial charge in [-0.2, -0.15) is 0 Å². The van der Waals surface area contributed by atoms with E-state index in [4.69, 9.17) is 0 Å². The summed E-state index contributed by atoms with van der Waals surface area (Å²) in [4.78, 5) is 15.3. The normalized spacial score (nSPS) is 14.5. The van der Waals surface area contributed by atoms with E-state index >= 15 is 0 Å². The number of anilines is 1. The Bertz CT molecular complexity index is 1000. The van der Waals surface area contributed by atoms with Crippen molar-refractivity contribution in [3.63, 3.8) is 0 Å². The first-order valence-electron chi connectivity index (χ1n) is 13.0. The van der Waals surface area contributed by atoms with E-state index in [0.29, 0.717) is 0 Å². The van der Waals surface area contributed by atoms with Gasteiger partial charge in [-0.1, -0.05) is 72.8 Å². The Morgan fingerprint density at radius 2 is 1.46 bits per heavy atom. The SMILES string of the molecule is O=C(Nc1ccc(-c2ccccc2)cc1)NC(CCCNCCN1CCCC1)Cc1ccccc1. The summed E-state index contributed by atoms with van der Waals surface area (Å²) in [6.07, 6.45) is 5.47. The fraction of sp³-hybridized carbons (Fsp3) is 0.367. The van der Waals surface area contributed by atoms with Gasteiger partial charge in [-0.05, 0) is 80.6 Å². The van der Waals surface area contributed by atoms with E-state index in [2.05, 4.69) is 57.2 Å². The molecule has 1 fully saturated rings. The average molecular weight is 471 g/mol. The van der Waals surface area contributed by atoms with Crippen LogP contribution in [0.4, 0.5) is 10.5 Å². The maximum absolute atomic E-state index is 12.8. The molecule has 3 N–H and O–H groups in total. The fourth-order valence-electron chi connectivity index (χ4n) is 4.69. The van der Waals surface area contributed by atoms with Crippen LogP contribution in [-0.4, -0.2) is 49.7 Å². The number of hydrogen-bond donors (Lipinski definition) is 3. The van der Waals surface area contributed by atoms with E-state index in [1.165, 1.54) is 37.1 Å². The molecule has 3 aromatic carbocycles. The molecule has 4 rings (SSSR count). The zero-order valence-corrected chi connectivity index (χ0v) is 20.6. The van der Waals surface area contributed by atoms with Crippen molar-refractivity contribution in [1.29, 1.82) is 0 Å². The van der Waals surface area contributed by atoms with Gasteiger partial charge in [-0.25, -0.2) is 4.79 Å². The summed E-state index contributed by atoms with van der Waals surface area (Å²) in [7, 11) is 0. The number of amides is 2. The summed E-state index contributed by atoms with van der Waals surface area (Å²) in [6.45, 7) is 5.64. The van der Waals surface area contributed by atoms with Crippen molar-refractivity contribution in [2.75, 3.05) is 38.0 Å². The third kappa shape index (κ3) is 8.53. The second-order valence-electron chi connectivity index (χ2n) is 9.37. The number of carbonyl (C=O) groups is 1. The van der Waals surface area contributed by atoms with E-state index in [-0.39, 0.29) is 12.1 Å². The van der Waals surface area contributed by atoms with Gasteiger partial charge in [-0.15, -0.1) is 0 Å². The highest BCUT2D eigenvalue weighted by Crippen LogP contribution is 2.21. The Morgan fingerprint density at radius 3 is 2.17 bits per heavy atom. The average Bonchev–Trinajstić information content (AvgIpc) is 3.41.